The molecule has 186 valence electrons. The van der Waals surface area contributed by atoms with E-state index in [2.05, 4.69) is 25.2 Å². The van der Waals surface area contributed by atoms with Crippen molar-refractivity contribution in [3.8, 4) is 11.1 Å². The molecule has 0 atom stereocenters. The van der Waals surface area contributed by atoms with Crippen molar-refractivity contribution < 1.29 is 12.8 Å². The van der Waals surface area contributed by atoms with Crippen molar-refractivity contribution >= 4 is 32.4 Å². The number of hydrogen-bond donors (Lipinski definition) is 2. The molecular formula is C24H30FN7O2S. The van der Waals surface area contributed by atoms with Crippen LogP contribution in [0.15, 0.2) is 36.8 Å². The number of benzene rings is 1. The van der Waals surface area contributed by atoms with E-state index < -0.39 is 16.0 Å². The van der Waals surface area contributed by atoms with Gasteiger partial charge in [-0.1, -0.05) is 6.07 Å². The van der Waals surface area contributed by atoms with Gasteiger partial charge >= 0.3 is 0 Å². The minimum atomic E-state index is -3.11. The minimum absolute atomic E-state index is 0.0137. The van der Waals surface area contributed by atoms with E-state index in [-0.39, 0.29) is 5.69 Å². The van der Waals surface area contributed by atoms with Crippen molar-refractivity contribution in [2.75, 3.05) is 43.5 Å². The number of nitrogens with one attached hydrogen (secondary N) is 1. The van der Waals surface area contributed by atoms with Crippen LogP contribution in [0.2, 0.25) is 0 Å². The highest BCUT2D eigenvalue weighted by Crippen LogP contribution is 2.31. The molecule has 1 saturated heterocycles. The maximum Gasteiger partial charge on any atom is 0.236 e. The number of halogens is 1. The summed E-state index contributed by atoms with van der Waals surface area (Å²) in [6, 6.07) is 8.19. The van der Waals surface area contributed by atoms with Gasteiger partial charge in [0.1, 0.15) is 12.1 Å². The zero-order valence-corrected chi connectivity index (χ0v) is 20.5. The van der Waals surface area contributed by atoms with Gasteiger partial charge in [0.05, 0.1) is 17.5 Å². The summed E-state index contributed by atoms with van der Waals surface area (Å²) in [6.45, 7) is 2.72. The number of sulfonamides is 1. The first kappa shape index (κ1) is 23.8. The standard InChI is InChI=1S/C24H30FN7O2S/c1-35(33,34)32-10-8-31(9-11-32)19-5-3-18(4-6-19)30-24-20-12-16(2-7-22(20)28-15-29-24)17-13-21(26)23(25)27-14-17/h2,7,12-15,18-19H,3-6,8-11,26H2,1H3,(H,28,29,30)/t18-,19-. The Balaban J connectivity index is 1.25. The highest BCUT2D eigenvalue weighted by atomic mass is 32.2. The summed E-state index contributed by atoms with van der Waals surface area (Å²) < 4.78 is 38.6. The fraction of sp³-hybridized carbons (Fsp3) is 0.458. The molecule has 9 nitrogen and oxygen atoms in total. The Kier molecular flexibility index (Phi) is 6.56. The fourth-order valence-corrected chi connectivity index (χ4v) is 5.98. The molecule has 11 heteroatoms. The highest BCUT2D eigenvalue weighted by Gasteiger charge is 2.30. The average molecular weight is 500 g/mol. The van der Waals surface area contributed by atoms with E-state index in [0.29, 0.717) is 25.2 Å². The van der Waals surface area contributed by atoms with Crippen molar-refractivity contribution in [2.24, 2.45) is 0 Å². The van der Waals surface area contributed by atoms with Crippen LogP contribution in [0.25, 0.3) is 22.0 Å². The van der Waals surface area contributed by atoms with Crippen LogP contribution < -0.4 is 11.1 Å². The first-order valence-corrected chi connectivity index (χ1v) is 13.7. The van der Waals surface area contributed by atoms with Gasteiger partial charge in [-0.3, -0.25) is 4.90 Å². The quantitative estimate of drug-likeness (QED) is 0.515. The number of nitrogens with zero attached hydrogens (tertiary/aromatic N) is 5. The van der Waals surface area contributed by atoms with Gasteiger partial charge in [0, 0.05) is 55.4 Å². The zero-order chi connectivity index (χ0) is 24.6. The molecule has 3 heterocycles. The molecule has 0 radical (unpaired) electrons. The predicted octanol–water partition coefficient (Wildman–Crippen LogP) is 2.71. The van der Waals surface area contributed by atoms with Gasteiger partial charge in [0.2, 0.25) is 16.0 Å². The van der Waals surface area contributed by atoms with Gasteiger partial charge in [0.25, 0.3) is 0 Å². The van der Waals surface area contributed by atoms with Crippen LogP contribution in [0.4, 0.5) is 15.9 Å². The molecule has 3 N–H and O–H groups in total. The van der Waals surface area contributed by atoms with Gasteiger partial charge in [-0.05, 0) is 49.4 Å². The van der Waals surface area contributed by atoms with Gasteiger partial charge < -0.3 is 11.1 Å². The molecule has 0 unspecified atom stereocenters. The van der Waals surface area contributed by atoms with Crippen molar-refractivity contribution in [1.82, 2.24) is 24.2 Å². The number of nitrogens with two attached hydrogens (primary N) is 1. The summed E-state index contributed by atoms with van der Waals surface area (Å²) in [4.78, 5) is 15.1. The van der Waals surface area contributed by atoms with E-state index in [1.165, 1.54) is 12.5 Å². The third-order valence-corrected chi connectivity index (χ3v) is 8.43. The molecule has 1 aliphatic carbocycles. The highest BCUT2D eigenvalue weighted by molar-refractivity contribution is 7.88. The molecule has 0 amide bonds. The fourth-order valence-electron chi connectivity index (χ4n) is 5.15. The largest absolute Gasteiger partial charge is 0.395 e. The van der Waals surface area contributed by atoms with E-state index in [1.807, 2.05) is 18.2 Å². The molecule has 0 bridgehead atoms. The second kappa shape index (κ2) is 9.63. The summed E-state index contributed by atoms with van der Waals surface area (Å²) in [5, 5.41) is 4.51. The molecule has 0 spiro atoms. The van der Waals surface area contributed by atoms with Crippen LogP contribution in [0.5, 0.6) is 0 Å². The maximum absolute atomic E-state index is 13.5. The number of hydrogen-bond acceptors (Lipinski definition) is 8. The molecule has 3 aromatic rings. The van der Waals surface area contributed by atoms with Crippen molar-refractivity contribution in [3.05, 3.63) is 42.7 Å². The van der Waals surface area contributed by atoms with Crippen molar-refractivity contribution in [3.63, 3.8) is 0 Å². The summed E-state index contributed by atoms with van der Waals surface area (Å²) in [5.74, 6) is 0.109. The summed E-state index contributed by atoms with van der Waals surface area (Å²) >= 11 is 0. The van der Waals surface area contributed by atoms with Crippen LogP contribution in [0, 0.1) is 5.95 Å². The van der Waals surface area contributed by atoms with Gasteiger partial charge in [-0.25, -0.2) is 23.4 Å². The van der Waals surface area contributed by atoms with Crippen LogP contribution in [0.3, 0.4) is 0 Å². The second-order valence-corrected chi connectivity index (χ2v) is 11.4. The Morgan fingerprint density at radius 1 is 1.00 bits per heavy atom. The molecule has 2 aromatic heterocycles. The van der Waals surface area contributed by atoms with Crippen LogP contribution in [-0.2, 0) is 10.0 Å². The van der Waals surface area contributed by atoms with Crippen molar-refractivity contribution in [2.45, 2.75) is 37.8 Å². The van der Waals surface area contributed by atoms with E-state index in [4.69, 9.17) is 5.73 Å². The lowest BCUT2D eigenvalue weighted by molar-refractivity contribution is 0.109. The Morgan fingerprint density at radius 3 is 2.43 bits per heavy atom. The first-order chi connectivity index (χ1) is 16.8. The molecule has 1 aliphatic heterocycles. The second-order valence-electron chi connectivity index (χ2n) is 9.41. The molecule has 5 rings (SSSR count). The Hall–Kier alpha value is -2.89. The molecule has 1 aromatic carbocycles. The third kappa shape index (κ3) is 5.21. The number of aromatic nitrogens is 3. The molecule has 2 fully saturated rings. The SMILES string of the molecule is CS(=O)(=O)N1CCN([C@H]2CC[C@H](Nc3ncnc4ccc(-c5cnc(F)c(N)c5)cc34)CC2)CC1. The smallest absolute Gasteiger partial charge is 0.236 e. The number of piperazine rings is 1. The van der Waals surface area contributed by atoms with Crippen LogP contribution >= 0.6 is 0 Å². The maximum atomic E-state index is 13.5. The van der Waals surface area contributed by atoms with Gasteiger partial charge in [-0.15, -0.1) is 0 Å². The van der Waals surface area contributed by atoms with E-state index in [1.54, 1.807) is 16.7 Å². The Bertz CT molecular complexity index is 1320. The summed E-state index contributed by atoms with van der Waals surface area (Å²) in [7, 11) is -3.11. The molecule has 1 saturated carbocycles. The lowest BCUT2D eigenvalue weighted by atomic mass is 9.89. The minimum Gasteiger partial charge on any atom is -0.395 e. The van der Waals surface area contributed by atoms with Gasteiger partial charge in [0.15, 0.2) is 0 Å². The Morgan fingerprint density at radius 2 is 1.74 bits per heavy atom. The third-order valence-electron chi connectivity index (χ3n) is 7.13. The topological polar surface area (TPSA) is 117 Å². The first-order valence-electron chi connectivity index (χ1n) is 11.9. The predicted molar refractivity (Wildman–Crippen MR) is 135 cm³/mol. The van der Waals surface area contributed by atoms with Crippen LogP contribution in [-0.4, -0.2) is 77.1 Å². The number of anilines is 2. The monoisotopic (exact) mass is 499 g/mol. The van der Waals surface area contributed by atoms with E-state index in [9.17, 15) is 12.8 Å². The normalized spacial score (nSPS) is 22.3. The van der Waals surface area contributed by atoms with Gasteiger partial charge in [-0.2, -0.15) is 8.70 Å². The zero-order valence-electron chi connectivity index (χ0n) is 19.7. The number of nitrogen functional groups attached to an aromatic ring is 1. The number of rotatable bonds is 5. The number of pyridine rings is 1. The van der Waals surface area contributed by atoms with E-state index >= 15 is 0 Å². The average Bonchev–Trinajstić information content (AvgIpc) is 2.86. The van der Waals surface area contributed by atoms with Crippen LogP contribution in [0.1, 0.15) is 25.7 Å². The Labute approximate surface area is 204 Å². The van der Waals surface area contributed by atoms with Crippen molar-refractivity contribution in [1.29, 1.82) is 0 Å². The summed E-state index contributed by atoms with van der Waals surface area (Å²) in [6.07, 6.45) is 8.47. The lowest BCUT2D eigenvalue weighted by Crippen LogP contribution is -2.52. The molecule has 2 aliphatic rings. The lowest BCUT2D eigenvalue weighted by Gasteiger charge is -2.41. The molecular weight excluding hydrogens is 469 g/mol. The summed E-state index contributed by atoms with van der Waals surface area (Å²) in [5.41, 5.74) is 8.15. The van der Waals surface area contributed by atoms with E-state index in [0.717, 1.165) is 66.6 Å². The number of fused-ring (bicyclic) bond motifs is 1. The molecule has 35 heavy (non-hydrogen) atoms.